The van der Waals surface area contributed by atoms with Crippen LogP contribution >= 0.6 is 0 Å². The average molecular weight is 232 g/mol. The van der Waals surface area contributed by atoms with Gasteiger partial charge in [-0.3, -0.25) is 0 Å². The molecule has 0 aliphatic carbocycles. The van der Waals surface area contributed by atoms with Crippen LogP contribution in [0, 0.1) is 0 Å². The van der Waals surface area contributed by atoms with Crippen molar-refractivity contribution in [3.63, 3.8) is 0 Å². The van der Waals surface area contributed by atoms with E-state index in [9.17, 15) is 5.11 Å². The van der Waals surface area contributed by atoms with Crippen LogP contribution in [-0.2, 0) is 9.47 Å². The molecule has 0 bridgehead atoms. The molecule has 0 spiro atoms. The molecule has 3 heteroatoms. The van der Waals surface area contributed by atoms with Crippen LogP contribution in [0.3, 0.4) is 0 Å². The van der Waals surface area contributed by atoms with Crippen molar-refractivity contribution in [2.45, 2.75) is 0 Å². The van der Waals surface area contributed by atoms with Crippen molar-refractivity contribution >= 4 is 10.8 Å². The first-order valence-corrected chi connectivity index (χ1v) is 5.70. The summed E-state index contributed by atoms with van der Waals surface area (Å²) in [5.74, 6) is 0.350. The molecule has 1 heterocycles. The van der Waals surface area contributed by atoms with Crippen molar-refractivity contribution < 1.29 is 14.6 Å². The van der Waals surface area contributed by atoms with Gasteiger partial charge in [-0.25, -0.2) is 0 Å². The van der Waals surface area contributed by atoms with E-state index in [0.717, 1.165) is 37.2 Å². The number of phenolic OH excluding ortho intramolecular Hbond substituents is 1. The van der Waals surface area contributed by atoms with Crippen LogP contribution in [0.2, 0.25) is 0 Å². The van der Waals surface area contributed by atoms with Gasteiger partial charge in [0, 0.05) is 5.39 Å². The zero-order valence-electron chi connectivity index (χ0n) is 9.63. The zero-order valence-corrected chi connectivity index (χ0v) is 9.63. The van der Waals surface area contributed by atoms with Gasteiger partial charge in [-0.2, -0.15) is 0 Å². The van der Waals surface area contributed by atoms with Crippen molar-refractivity contribution in [3.05, 3.63) is 42.5 Å². The first kappa shape index (κ1) is 11.9. The van der Waals surface area contributed by atoms with Crippen LogP contribution in [0.1, 0.15) is 0 Å². The predicted octanol–water partition coefficient (Wildman–Crippen LogP) is 2.58. The molecule has 1 fully saturated rings. The fourth-order valence-electron chi connectivity index (χ4n) is 1.65. The molecule has 1 saturated heterocycles. The van der Waals surface area contributed by atoms with Gasteiger partial charge in [0.1, 0.15) is 5.75 Å². The summed E-state index contributed by atoms with van der Waals surface area (Å²) in [6.07, 6.45) is 0. The molecule has 0 atom stereocenters. The summed E-state index contributed by atoms with van der Waals surface area (Å²) in [6, 6.07) is 13.3. The van der Waals surface area contributed by atoms with Gasteiger partial charge < -0.3 is 14.6 Å². The molecular weight excluding hydrogens is 216 g/mol. The molecule has 0 radical (unpaired) electrons. The Kier molecular flexibility index (Phi) is 4.36. The molecule has 0 unspecified atom stereocenters. The molecule has 3 rings (SSSR count). The van der Waals surface area contributed by atoms with E-state index in [1.807, 2.05) is 36.4 Å². The first-order valence-electron chi connectivity index (χ1n) is 5.70. The second kappa shape index (κ2) is 6.23. The highest BCUT2D eigenvalue weighted by atomic mass is 16.6. The minimum Gasteiger partial charge on any atom is -0.507 e. The van der Waals surface area contributed by atoms with Crippen LogP contribution in [0.25, 0.3) is 10.8 Å². The molecule has 1 aliphatic heterocycles. The summed E-state index contributed by atoms with van der Waals surface area (Å²) in [7, 11) is 0. The Morgan fingerprint density at radius 2 is 1.35 bits per heavy atom. The zero-order chi connectivity index (χ0) is 11.9. The summed E-state index contributed by atoms with van der Waals surface area (Å²) < 4.78 is 9.89. The lowest BCUT2D eigenvalue weighted by atomic mass is 10.1. The molecule has 2 aromatic carbocycles. The van der Waals surface area contributed by atoms with Gasteiger partial charge in [0.2, 0.25) is 0 Å². The van der Waals surface area contributed by atoms with Crippen molar-refractivity contribution in [3.8, 4) is 5.75 Å². The van der Waals surface area contributed by atoms with Crippen molar-refractivity contribution in [2.75, 3.05) is 26.4 Å². The molecule has 0 saturated carbocycles. The summed E-state index contributed by atoms with van der Waals surface area (Å²) >= 11 is 0. The van der Waals surface area contributed by atoms with E-state index in [4.69, 9.17) is 9.47 Å². The molecule has 3 nitrogen and oxygen atoms in total. The highest BCUT2D eigenvalue weighted by Crippen LogP contribution is 2.22. The van der Waals surface area contributed by atoms with E-state index in [2.05, 4.69) is 0 Å². The number of hydrogen-bond donors (Lipinski definition) is 1. The van der Waals surface area contributed by atoms with E-state index in [1.54, 1.807) is 6.07 Å². The Morgan fingerprint density at radius 1 is 0.765 bits per heavy atom. The maximum atomic E-state index is 9.37. The Balaban J connectivity index is 0.000000153. The van der Waals surface area contributed by atoms with E-state index in [1.165, 1.54) is 0 Å². The molecule has 2 aromatic rings. The third-order valence-corrected chi connectivity index (χ3v) is 2.51. The number of ether oxygens (including phenoxy) is 2. The molecular formula is C14H16O3. The molecule has 90 valence electrons. The molecule has 17 heavy (non-hydrogen) atoms. The lowest BCUT2D eigenvalue weighted by Gasteiger charge is -2.09. The van der Waals surface area contributed by atoms with Gasteiger partial charge in [-0.1, -0.05) is 36.4 Å². The van der Waals surface area contributed by atoms with Crippen molar-refractivity contribution in [1.29, 1.82) is 0 Å². The summed E-state index contributed by atoms with van der Waals surface area (Å²) in [4.78, 5) is 0. The smallest absolute Gasteiger partial charge is 0.123 e. The number of hydrogen-bond acceptors (Lipinski definition) is 3. The van der Waals surface area contributed by atoms with Gasteiger partial charge in [-0.05, 0) is 11.5 Å². The quantitative estimate of drug-likeness (QED) is 0.758. The Bertz CT molecular complexity index is 447. The highest BCUT2D eigenvalue weighted by molar-refractivity contribution is 5.87. The minimum atomic E-state index is 0.350. The van der Waals surface area contributed by atoms with Crippen LogP contribution in [-0.4, -0.2) is 31.5 Å². The lowest BCUT2D eigenvalue weighted by molar-refractivity contribution is -0.0334. The fourth-order valence-corrected chi connectivity index (χ4v) is 1.65. The average Bonchev–Trinajstić information content (AvgIpc) is 2.42. The van der Waals surface area contributed by atoms with E-state index < -0.39 is 0 Å². The molecule has 1 aliphatic rings. The molecule has 1 N–H and O–H groups in total. The number of fused-ring (bicyclic) bond motifs is 1. The standard InChI is InChI=1S/C10H8O.C4H8O2/c11-10-7-3-5-8-4-1-2-6-9(8)10;1-2-6-4-3-5-1/h1-7,11H;1-4H2. The predicted molar refractivity (Wildman–Crippen MR) is 67.3 cm³/mol. The summed E-state index contributed by atoms with van der Waals surface area (Å²) in [5.41, 5.74) is 0. The molecule has 0 aromatic heterocycles. The minimum absolute atomic E-state index is 0.350. The van der Waals surface area contributed by atoms with Crippen LogP contribution in [0.4, 0.5) is 0 Å². The van der Waals surface area contributed by atoms with E-state index in [0.29, 0.717) is 5.75 Å². The third kappa shape index (κ3) is 3.44. The van der Waals surface area contributed by atoms with Crippen molar-refractivity contribution in [2.24, 2.45) is 0 Å². The van der Waals surface area contributed by atoms with Gasteiger partial charge >= 0.3 is 0 Å². The summed E-state index contributed by atoms with van der Waals surface area (Å²) in [6.45, 7) is 3.11. The lowest BCUT2D eigenvalue weighted by Crippen LogP contribution is -2.16. The second-order valence-electron chi connectivity index (χ2n) is 3.72. The summed E-state index contributed by atoms with van der Waals surface area (Å²) in [5, 5.41) is 11.4. The van der Waals surface area contributed by atoms with E-state index in [-0.39, 0.29) is 0 Å². The van der Waals surface area contributed by atoms with Crippen LogP contribution in [0.15, 0.2) is 42.5 Å². The van der Waals surface area contributed by atoms with Gasteiger partial charge in [0.25, 0.3) is 0 Å². The maximum absolute atomic E-state index is 9.37. The maximum Gasteiger partial charge on any atom is 0.123 e. The van der Waals surface area contributed by atoms with Gasteiger partial charge in [0.15, 0.2) is 0 Å². The Morgan fingerprint density at radius 3 is 1.94 bits per heavy atom. The van der Waals surface area contributed by atoms with Crippen LogP contribution < -0.4 is 0 Å². The Hall–Kier alpha value is -1.58. The first-order chi connectivity index (χ1) is 8.38. The van der Waals surface area contributed by atoms with E-state index >= 15 is 0 Å². The van der Waals surface area contributed by atoms with Crippen molar-refractivity contribution in [1.82, 2.24) is 0 Å². The van der Waals surface area contributed by atoms with Crippen LogP contribution in [0.5, 0.6) is 5.75 Å². The Labute approximate surface area is 101 Å². The SMILES string of the molecule is C1COCCO1.Oc1cccc2ccccc12. The van der Waals surface area contributed by atoms with Gasteiger partial charge in [0.05, 0.1) is 26.4 Å². The monoisotopic (exact) mass is 232 g/mol. The molecule has 0 amide bonds. The number of phenols is 1. The number of aromatic hydroxyl groups is 1. The third-order valence-electron chi connectivity index (χ3n) is 2.51. The normalized spacial score (nSPS) is 15.1. The highest BCUT2D eigenvalue weighted by Gasteiger charge is 1.95. The van der Waals surface area contributed by atoms with Gasteiger partial charge in [-0.15, -0.1) is 0 Å². The second-order valence-corrected chi connectivity index (χ2v) is 3.72. The fraction of sp³-hybridized carbons (Fsp3) is 0.286. The largest absolute Gasteiger partial charge is 0.507 e. The topological polar surface area (TPSA) is 38.7 Å². The number of benzene rings is 2. The number of rotatable bonds is 0.